The highest BCUT2D eigenvalue weighted by atomic mass is 32.2. The zero-order valence-corrected chi connectivity index (χ0v) is 21.9. The molecule has 1 saturated heterocycles. The largest absolute Gasteiger partial charge is 0.465 e. The average molecular weight is 516 g/mol. The number of nitrogens with zero attached hydrogens (tertiary/aromatic N) is 3. The van der Waals surface area contributed by atoms with Gasteiger partial charge in [0.2, 0.25) is 0 Å². The van der Waals surface area contributed by atoms with Crippen LogP contribution in [0.15, 0.2) is 95.0 Å². The first-order valence-electron chi connectivity index (χ1n) is 12.2. The molecule has 0 amide bonds. The molecule has 3 aromatic rings. The van der Waals surface area contributed by atoms with Crippen molar-refractivity contribution in [3.63, 3.8) is 0 Å². The van der Waals surface area contributed by atoms with Gasteiger partial charge in [-0.1, -0.05) is 72.3 Å². The number of esters is 1. The topological polar surface area (TPSA) is 79.3 Å². The van der Waals surface area contributed by atoms with Crippen LogP contribution < -0.4 is 0 Å². The first-order chi connectivity index (χ1) is 17.7. The first kappa shape index (κ1) is 24.8. The smallest absolute Gasteiger partial charge is 0.321 e. The number of para-hydroxylation sites is 1. The van der Waals surface area contributed by atoms with E-state index in [1.807, 2.05) is 62.4 Å². The van der Waals surface area contributed by atoms with Gasteiger partial charge >= 0.3 is 5.97 Å². The van der Waals surface area contributed by atoms with Crippen LogP contribution in [0.25, 0.3) is 0 Å². The summed E-state index contributed by atoms with van der Waals surface area (Å²) in [5.74, 6) is -0.526. The summed E-state index contributed by atoms with van der Waals surface area (Å²) in [6.07, 6.45) is 1.67. The summed E-state index contributed by atoms with van der Waals surface area (Å²) in [6, 6.07) is 21.2. The maximum absolute atomic E-state index is 14.1. The van der Waals surface area contributed by atoms with Gasteiger partial charge < -0.3 is 4.74 Å². The maximum Gasteiger partial charge on any atom is 0.321 e. The molecule has 0 radical (unpaired) electrons. The Labute approximate surface area is 217 Å². The second-order valence-electron chi connectivity index (χ2n) is 9.45. The van der Waals surface area contributed by atoms with Gasteiger partial charge in [-0.25, -0.2) is 4.99 Å². The standard InChI is InChI=1S/C29H29N3O4S/c1-5-36-28(33)29(18-23-14-10-20(2)11-15-23)22(4)32(37(34,35)24-16-12-21(3)13-17-24)31-19-30-26-9-7-6-8-25(26)27(29)31/h6-17,19,27H,4-5,18H2,1-3H3/t27-,29-/m1/s1. The number of fused-ring (bicyclic) bond motifs is 3. The number of benzene rings is 3. The maximum atomic E-state index is 14.1. The summed E-state index contributed by atoms with van der Waals surface area (Å²) >= 11 is 0. The lowest BCUT2D eigenvalue weighted by Crippen LogP contribution is -2.43. The molecule has 5 rings (SSSR count). The molecule has 7 nitrogen and oxygen atoms in total. The molecule has 2 aliphatic rings. The van der Waals surface area contributed by atoms with Crippen LogP contribution in [0.5, 0.6) is 0 Å². The van der Waals surface area contributed by atoms with E-state index in [0.29, 0.717) is 5.69 Å². The minimum absolute atomic E-state index is 0.0975. The summed E-state index contributed by atoms with van der Waals surface area (Å²) in [5.41, 5.74) is 2.99. The van der Waals surface area contributed by atoms with Gasteiger partial charge in [0.15, 0.2) is 0 Å². The van der Waals surface area contributed by atoms with Crippen molar-refractivity contribution in [2.45, 2.75) is 38.1 Å². The van der Waals surface area contributed by atoms with Gasteiger partial charge in [-0.2, -0.15) is 12.8 Å². The monoisotopic (exact) mass is 515 g/mol. The lowest BCUT2D eigenvalue weighted by molar-refractivity contribution is -0.154. The fraction of sp³-hybridized carbons (Fsp3) is 0.241. The SMILES string of the molecule is C=C1N(S(=O)(=O)c2ccc(C)cc2)N2C=Nc3ccccc3[C@@H]2[C@]1(Cc1ccc(C)cc1)C(=O)OCC. The predicted octanol–water partition coefficient (Wildman–Crippen LogP) is 5.25. The van der Waals surface area contributed by atoms with E-state index in [0.717, 1.165) is 26.7 Å². The molecule has 2 atom stereocenters. The van der Waals surface area contributed by atoms with E-state index in [1.54, 1.807) is 31.2 Å². The van der Waals surface area contributed by atoms with E-state index in [-0.39, 0.29) is 23.6 Å². The first-order valence-corrected chi connectivity index (χ1v) is 13.6. The molecule has 190 valence electrons. The third kappa shape index (κ3) is 3.92. The summed E-state index contributed by atoms with van der Waals surface area (Å²) < 4.78 is 35.0. The van der Waals surface area contributed by atoms with Crippen LogP contribution in [0.4, 0.5) is 5.69 Å². The van der Waals surface area contributed by atoms with Gasteiger partial charge in [-0.15, -0.1) is 0 Å². The molecule has 0 aromatic heterocycles. The zero-order valence-electron chi connectivity index (χ0n) is 21.1. The molecule has 0 N–H and O–H groups in total. The highest BCUT2D eigenvalue weighted by molar-refractivity contribution is 7.89. The second kappa shape index (κ2) is 9.19. The Morgan fingerprint density at radius 1 is 1.00 bits per heavy atom. The van der Waals surface area contributed by atoms with E-state index in [2.05, 4.69) is 11.6 Å². The van der Waals surface area contributed by atoms with Crippen LogP contribution in [0.3, 0.4) is 0 Å². The molecule has 2 aliphatic heterocycles. The van der Waals surface area contributed by atoms with E-state index in [4.69, 9.17) is 4.74 Å². The number of carbonyl (C=O) groups is 1. The van der Waals surface area contributed by atoms with Gasteiger partial charge in [-0.3, -0.25) is 9.80 Å². The summed E-state index contributed by atoms with van der Waals surface area (Å²) in [5, 5.41) is 1.52. The van der Waals surface area contributed by atoms with Crippen molar-refractivity contribution in [2.75, 3.05) is 6.61 Å². The minimum atomic E-state index is -4.14. The highest BCUT2D eigenvalue weighted by Gasteiger charge is 2.64. The molecule has 8 heteroatoms. The highest BCUT2D eigenvalue weighted by Crippen LogP contribution is 2.58. The molecule has 0 aliphatic carbocycles. The normalized spacial score (nSPS) is 20.5. The van der Waals surface area contributed by atoms with E-state index >= 15 is 0 Å². The predicted molar refractivity (Wildman–Crippen MR) is 142 cm³/mol. The van der Waals surface area contributed by atoms with Crippen LogP contribution in [-0.2, 0) is 26.0 Å². The molecule has 3 aromatic carbocycles. The minimum Gasteiger partial charge on any atom is -0.465 e. The molecule has 0 saturated carbocycles. The molecular formula is C29H29N3O4S. The molecule has 37 heavy (non-hydrogen) atoms. The Morgan fingerprint density at radius 2 is 1.62 bits per heavy atom. The Morgan fingerprint density at radius 3 is 2.27 bits per heavy atom. The molecule has 1 fully saturated rings. The lowest BCUT2D eigenvalue weighted by atomic mass is 9.71. The third-order valence-electron chi connectivity index (χ3n) is 7.02. The fourth-order valence-corrected chi connectivity index (χ4v) is 6.66. The second-order valence-corrected chi connectivity index (χ2v) is 11.2. The molecule has 0 unspecified atom stereocenters. The van der Waals surface area contributed by atoms with Crippen molar-refractivity contribution >= 4 is 28.0 Å². The van der Waals surface area contributed by atoms with Gasteiger partial charge in [-0.05, 0) is 51.0 Å². The van der Waals surface area contributed by atoms with E-state index in [9.17, 15) is 13.2 Å². The Kier molecular flexibility index (Phi) is 6.15. The number of carbonyl (C=O) groups excluding carboxylic acids is 1. The van der Waals surface area contributed by atoms with Gasteiger partial charge in [0.05, 0.1) is 22.9 Å². The van der Waals surface area contributed by atoms with Crippen molar-refractivity contribution in [1.82, 2.24) is 9.42 Å². The number of aryl methyl sites for hydroxylation is 2. The number of ether oxygens (including phenoxy) is 1. The van der Waals surface area contributed by atoms with Crippen LogP contribution in [0, 0.1) is 19.3 Å². The van der Waals surface area contributed by atoms with Crippen molar-refractivity contribution in [2.24, 2.45) is 10.4 Å². The Hall–Kier alpha value is -3.91. The van der Waals surface area contributed by atoms with Crippen molar-refractivity contribution in [3.05, 3.63) is 107 Å². The Bertz CT molecular complexity index is 1500. The van der Waals surface area contributed by atoms with Gasteiger partial charge in [0.1, 0.15) is 17.8 Å². The number of sulfonamides is 1. The van der Waals surface area contributed by atoms with Gasteiger partial charge in [0, 0.05) is 5.56 Å². The van der Waals surface area contributed by atoms with E-state index in [1.165, 1.54) is 11.3 Å². The fourth-order valence-electron chi connectivity index (χ4n) is 5.15. The number of hydrogen-bond donors (Lipinski definition) is 0. The molecule has 2 heterocycles. The average Bonchev–Trinajstić information content (AvgIpc) is 3.15. The lowest BCUT2D eigenvalue weighted by Gasteiger charge is -2.36. The van der Waals surface area contributed by atoms with Crippen molar-refractivity contribution in [1.29, 1.82) is 0 Å². The number of hydrazine groups is 1. The third-order valence-corrected chi connectivity index (χ3v) is 8.76. The quantitative estimate of drug-likeness (QED) is 0.419. The number of aliphatic imine (C=N–C) groups is 1. The molecular weight excluding hydrogens is 486 g/mol. The van der Waals surface area contributed by atoms with Crippen molar-refractivity contribution < 1.29 is 17.9 Å². The Balaban J connectivity index is 1.75. The summed E-state index contributed by atoms with van der Waals surface area (Å²) in [6.45, 7) is 10.0. The van der Waals surface area contributed by atoms with Gasteiger partial charge in [0.25, 0.3) is 10.0 Å². The number of hydrogen-bond acceptors (Lipinski definition) is 6. The number of rotatable bonds is 6. The van der Waals surface area contributed by atoms with Crippen LogP contribution in [0.1, 0.15) is 35.2 Å². The summed E-state index contributed by atoms with van der Waals surface area (Å²) in [4.78, 5) is 18.6. The van der Waals surface area contributed by atoms with Crippen LogP contribution in [0.2, 0.25) is 0 Å². The zero-order chi connectivity index (χ0) is 26.4. The van der Waals surface area contributed by atoms with E-state index < -0.39 is 27.4 Å². The van der Waals surface area contributed by atoms with Crippen LogP contribution >= 0.6 is 0 Å². The molecule has 0 spiro atoms. The van der Waals surface area contributed by atoms with Crippen LogP contribution in [-0.4, -0.2) is 36.8 Å². The van der Waals surface area contributed by atoms with Crippen molar-refractivity contribution in [3.8, 4) is 0 Å². The summed E-state index contributed by atoms with van der Waals surface area (Å²) in [7, 11) is -4.14. The molecule has 0 bridgehead atoms.